The van der Waals surface area contributed by atoms with E-state index in [9.17, 15) is 0 Å². The standard InChI is InChI=1S/C17H17NO3/c1-19-15-4-2-3-5-16(15)20-10-13-11-21-17-8-12(9-18)6-7-14(13)17/h2-8,11H,9-10,18H2,1H3. The predicted molar refractivity (Wildman–Crippen MR) is 81.4 cm³/mol. The monoisotopic (exact) mass is 283 g/mol. The second-order valence-electron chi connectivity index (χ2n) is 4.74. The van der Waals surface area contributed by atoms with Gasteiger partial charge in [0.05, 0.1) is 13.4 Å². The van der Waals surface area contributed by atoms with E-state index in [0.717, 1.165) is 27.8 Å². The summed E-state index contributed by atoms with van der Waals surface area (Å²) in [6.07, 6.45) is 1.72. The van der Waals surface area contributed by atoms with Gasteiger partial charge in [0.1, 0.15) is 12.2 Å². The molecule has 4 nitrogen and oxygen atoms in total. The molecule has 0 saturated heterocycles. The predicted octanol–water partition coefficient (Wildman–Crippen LogP) is 3.48. The van der Waals surface area contributed by atoms with Crippen LogP contribution in [-0.2, 0) is 13.2 Å². The molecule has 0 atom stereocenters. The van der Waals surface area contributed by atoms with Crippen molar-refractivity contribution in [2.24, 2.45) is 5.73 Å². The summed E-state index contributed by atoms with van der Waals surface area (Å²) in [6.45, 7) is 0.930. The Labute approximate surface area is 123 Å². The summed E-state index contributed by atoms with van der Waals surface area (Å²) in [5, 5.41) is 1.04. The van der Waals surface area contributed by atoms with Crippen molar-refractivity contribution >= 4 is 11.0 Å². The third-order valence-corrected chi connectivity index (χ3v) is 3.41. The Hall–Kier alpha value is -2.46. The van der Waals surface area contributed by atoms with Crippen LogP contribution in [0.15, 0.2) is 53.1 Å². The maximum Gasteiger partial charge on any atom is 0.161 e. The van der Waals surface area contributed by atoms with E-state index in [4.69, 9.17) is 19.6 Å². The van der Waals surface area contributed by atoms with Gasteiger partial charge in [-0.05, 0) is 23.8 Å². The van der Waals surface area contributed by atoms with E-state index in [0.29, 0.717) is 18.9 Å². The number of ether oxygens (including phenoxy) is 2. The van der Waals surface area contributed by atoms with E-state index in [1.807, 2.05) is 42.5 Å². The molecule has 2 N–H and O–H groups in total. The van der Waals surface area contributed by atoms with Gasteiger partial charge >= 0.3 is 0 Å². The van der Waals surface area contributed by atoms with Crippen molar-refractivity contribution < 1.29 is 13.9 Å². The first-order valence-corrected chi connectivity index (χ1v) is 6.76. The Kier molecular flexibility index (Phi) is 3.79. The van der Waals surface area contributed by atoms with Gasteiger partial charge in [-0.2, -0.15) is 0 Å². The molecule has 3 aromatic rings. The van der Waals surface area contributed by atoms with Crippen molar-refractivity contribution in [3.05, 3.63) is 59.9 Å². The lowest BCUT2D eigenvalue weighted by molar-refractivity contribution is 0.284. The minimum Gasteiger partial charge on any atom is -0.493 e. The van der Waals surface area contributed by atoms with Crippen LogP contribution < -0.4 is 15.2 Å². The Balaban J connectivity index is 1.82. The van der Waals surface area contributed by atoms with Crippen LogP contribution in [0.5, 0.6) is 11.5 Å². The maximum atomic E-state index is 5.83. The van der Waals surface area contributed by atoms with Gasteiger partial charge in [-0.25, -0.2) is 0 Å². The van der Waals surface area contributed by atoms with Crippen molar-refractivity contribution in [3.8, 4) is 11.5 Å². The van der Waals surface area contributed by atoms with Crippen LogP contribution in [0.1, 0.15) is 11.1 Å². The third-order valence-electron chi connectivity index (χ3n) is 3.41. The van der Waals surface area contributed by atoms with Crippen LogP contribution in [0.4, 0.5) is 0 Å². The number of rotatable bonds is 5. The molecule has 0 aliphatic rings. The zero-order valence-electron chi connectivity index (χ0n) is 11.8. The van der Waals surface area contributed by atoms with E-state index >= 15 is 0 Å². The van der Waals surface area contributed by atoms with E-state index < -0.39 is 0 Å². The van der Waals surface area contributed by atoms with Gasteiger partial charge in [-0.1, -0.05) is 24.3 Å². The maximum absolute atomic E-state index is 5.83. The topological polar surface area (TPSA) is 57.6 Å². The van der Waals surface area contributed by atoms with Crippen molar-refractivity contribution in [1.82, 2.24) is 0 Å². The number of hydrogen-bond donors (Lipinski definition) is 1. The minimum atomic E-state index is 0.426. The minimum absolute atomic E-state index is 0.426. The smallest absolute Gasteiger partial charge is 0.161 e. The largest absolute Gasteiger partial charge is 0.493 e. The molecule has 0 unspecified atom stereocenters. The number of benzene rings is 2. The quantitative estimate of drug-likeness (QED) is 0.779. The van der Waals surface area contributed by atoms with E-state index in [1.54, 1.807) is 13.4 Å². The average molecular weight is 283 g/mol. The summed E-state index contributed by atoms with van der Waals surface area (Å²) >= 11 is 0. The molecule has 2 aromatic carbocycles. The molecule has 0 saturated carbocycles. The van der Waals surface area contributed by atoms with Crippen LogP contribution in [0.3, 0.4) is 0 Å². The summed E-state index contributed by atoms with van der Waals surface area (Å²) in [5.74, 6) is 1.43. The van der Waals surface area contributed by atoms with Crippen molar-refractivity contribution in [1.29, 1.82) is 0 Å². The SMILES string of the molecule is COc1ccccc1OCc1coc2cc(CN)ccc12. The molecule has 0 amide bonds. The number of fused-ring (bicyclic) bond motifs is 1. The van der Waals surface area contributed by atoms with Gasteiger partial charge in [0, 0.05) is 17.5 Å². The van der Waals surface area contributed by atoms with Crippen molar-refractivity contribution in [2.45, 2.75) is 13.2 Å². The molecule has 3 rings (SSSR count). The number of furan rings is 1. The number of hydrogen-bond acceptors (Lipinski definition) is 4. The molecule has 0 bridgehead atoms. The van der Waals surface area contributed by atoms with Gasteiger partial charge < -0.3 is 19.6 Å². The van der Waals surface area contributed by atoms with Crippen LogP contribution >= 0.6 is 0 Å². The first kappa shape index (κ1) is 13.5. The fourth-order valence-corrected chi connectivity index (χ4v) is 2.26. The zero-order valence-corrected chi connectivity index (χ0v) is 11.8. The molecule has 4 heteroatoms. The molecule has 1 heterocycles. The lowest BCUT2D eigenvalue weighted by Crippen LogP contribution is -1.97. The molecule has 0 aliphatic heterocycles. The fraction of sp³-hybridized carbons (Fsp3) is 0.176. The Morgan fingerprint density at radius 2 is 1.90 bits per heavy atom. The molecule has 108 valence electrons. The molecule has 21 heavy (non-hydrogen) atoms. The summed E-state index contributed by atoms with van der Waals surface area (Å²) in [7, 11) is 1.63. The Bertz CT molecular complexity index is 749. The third kappa shape index (κ3) is 2.71. The van der Waals surface area contributed by atoms with Crippen LogP contribution in [-0.4, -0.2) is 7.11 Å². The molecular weight excluding hydrogens is 266 g/mol. The lowest BCUT2D eigenvalue weighted by Gasteiger charge is -2.09. The van der Waals surface area contributed by atoms with Crippen LogP contribution in [0.2, 0.25) is 0 Å². The molecular formula is C17H17NO3. The van der Waals surface area contributed by atoms with Gasteiger partial charge in [0.25, 0.3) is 0 Å². The van der Waals surface area contributed by atoms with Crippen LogP contribution in [0.25, 0.3) is 11.0 Å². The summed E-state index contributed by atoms with van der Waals surface area (Å²) in [4.78, 5) is 0. The highest BCUT2D eigenvalue weighted by Gasteiger charge is 2.09. The molecule has 0 fully saturated rings. The second-order valence-corrected chi connectivity index (χ2v) is 4.74. The van der Waals surface area contributed by atoms with Crippen molar-refractivity contribution in [2.75, 3.05) is 7.11 Å². The Morgan fingerprint density at radius 1 is 1.10 bits per heavy atom. The van der Waals surface area contributed by atoms with E-state index in [1.165, 1.54) is 0 Å². The van der Waals surface area contributed by atoms with Crippen molar-refractivity contribution in [3.63, 3.8) is 0 Å². The highest BCUT2D eigenvalue weighted by Crippen LogP contribution is 2.28. The molecule has 0 aliphatic carbocycles. The van der Waals surface area contributed by atoms with Gasteiger partial charge in [-0.15, -0.1) is 0 Å². The van der Waals surface area contributed by atoms with Gasteiger partial charge in [0.2, 0.25) is 0 Å². The lowest BCUT2D eigenvalue weighted by atomic mass is 10.1. The fourth-order valence-electron chi connectivity index (χ4n) is 2.26. The number of nitrogens with two attached hydrogens (primary N) is 1. The van der Waals surface area contributed by atoms with Gasteiger partial charge in [-0.3, -0.25) is 0 Å². The highest BCUT2D eigenvalue weighted by molar-refractivity contribution is 5.81. The number of methoxy groups -OCH3 is 1. The zero-order chi connectivity index (χ0) is 14.7. The normalized spacial score (nSPS) is 10.8. The highest BCUT2D eigenvalue weighted by atomic mass is 16.5. The van der Waals surface area contributed by atoms with Crippen LogP contribution in [0, 0.1) is 0 Å². The first-order chi connectivity index (χ1) is 10.3. The Morgan fingerprint density at radius 3 is 2.67 bits per heavy atom. The van der Waals surface area contributed by atoms with Gasteiger partial charge in [0.15, 0.2) is 11.5 Å². The second kappa shape index (κ2) is 5.89. The van der Waals surface area contributed by atoms with E-state index in [-0.39, 0.29) is 0 Å². The number of para-hydroxylation sites is 2. The summed E-state index contributed by atoms with van der Waals surface area (Å²) < 4.78 is 16.7. The molecule has 0 spiro atoms. The average Bonchev–Trinajstić information content (AvgIpc) is 2.95. The first-order valence-electron chi connectivity index (χ1n) is 6.76. The summed E-state index contributed by atoms with van der Waals surface area (Å²) in [5.41, 5.74) is 8.51. The molecule has 0 radical (unpaired) electrons. The summed E-state index contributed by atoms with van der Waals surface area (Å²) in [6, 6.07) is 13.6. The van der Waals surface area contributed by atoms with E-state index in [2.05, 4.69) is 0 Å². The molecule has 1 aromatic heterocycles.